The number of hydrogen-bond donors (Lipinski definition) is 1. The molecule has 0 radical (unpaired) electrons. The highest BCUT2D eigenvalue weighted by Crippen LogP contribution is 2.26. The number of amides is 1. The summed E-state index contributed by atoms with van der Waals surface area (Å²) in [6, 6.07) is 8.12. The third kappa shape index (κ3) is 4.65. The van der Waals surface area contributed by atoms with Crippen molar-refractivity contribution < 1.29 is 9.53 Å². The van der Waals surface area contributed by atoms with E-state index in [0.717, 1.165) is 31.8 Å². The quantitative estimate of drug-likeness (QED) is 0.649. The van der Waals surface area contributed by atoms with Crippen molar-refractivity contribution in [2.45, 2.75) is 13.3 Å². The maximum atomic E-state index is 11.6. The van der Waals surface area contributed by atoms with Gasteiger partial charge in [-0.3, -0.25) is 4.79 Å². The van der Waals surface area contributed by atoms with Crippen LogP contribution in [0.3, 0.4) is 0 Å². The van der Waals surface area contributed by atoms with E-state index >= 15 is 0 Å². The first-order valence-corrected chi connectivity index (χ1v) is 7.69. The van der Waals surface area contributed by atoms with Gasteiger partial charge in [0, 0.05) is 37.5 Å². The Hall–Kier alpha value is -2.23. The maximum Gasteiger partial charge on any atom is 0.243 e. The van der Waals surface area contributed by atoms with E-state index in [-0.39, 0.29) is 5.91 Å². The largest absolute Gasteiger partial charge is 0.497 e. The van der Waals surface area contributed by atoms with Crippen molar-refractivity contribution in [2.75, 3.05) is 31.6 Å². The summed E-state index contributed by atoms with van der Waals surface area (Å²) in [4.78, 5) is 14.0. The van der Waals surface area contributed by atoms with Gasteiger partial charge in [0.05, 0.1) is 7.11 Å². The summed E-state index contributed by atoms with van der Waals surface area (Å²) in [5, 5.41) is 2.97. The van der Waals surface area contributed by atoms with Crippen molar-refractivity contribution in [3.63, 3.8) is 0 Å². The van der Waals surface area contributed by atoms with Crippen LogP contribution in [0.1, 0.15) is 13.3 Å². The number of carbonyl (C=O) groups is 1. The molecule has 0 unspecified atom stereocenters. The molecule has 4 nitrogen and oxygen atoms in total. The molecule has 2 rings (SSSR count). The molecule has 0 spiro atoms. The van der Waals surface area contributed by atoms with Crippen LogP contribution in [0.15, 0.2) is 48.6 Å². The average molecular weight is 300 g/mol. The molecule has 4 heteroatoms. The Morgan fingerprint density at radius 3 is 3.09 bits per heavy atom. The van der Waals surface area contributed by atoms with Crippen molar-refractivity contribution in [1.29, 1.82) is 0 Å². The summed E-state index contributed by atoms with van der Waals surface area (Å²) in [6.45, 7) is 4.63. The van der Waals surface area contributed by atoms with Gasteiger partial charge in [-0.15, -0.1) is 0 Å². The first kappa shape index (κ1) is 16.1. The van der Waals surface area contributed by atoms with Gasteiger partial charge < -0.3 is 15.0 Å². The Morgan fingerprint density at radius 1 is 1.45 bits per heavy atom. The number of nitrogens with zero attached hydrogens (tertiary/aromatic N) is 1. The van der Waals surface area contributed by atoms with Gasteiger partial charge in [-0.25, -0.2) is 0 Å². The molecule has 0 saturated carbocycles. The van der Waals surface area contributed by atoms with Crippen LogP contribution in [0.4, 0.5) is 5.69 Å². The molecule has 1 aliphatic rings. The number of ether oxygens (including phenoxy) is 1. The van der Waals surface area contributed by atoms with Gasteiger partial charge in [0.15, 0.2) is 0 Å². The predicted molar refractivity (Wildman–Crippen MR) is 90.3 cm³/mol. The van der Waals surface area contributed by atoms with Crippen molar-refractivity contribution in [3.05, 3.63) is 48.6 Å². The molecular weight excluding hydrogens is 276 g/mol. The molecule has 1 fully saturated rings. The van der Waals surface area contributed by atoms with Gasteiger partial charge in [-0.05, 0) is 31.4 Å². The van der Waals surface area contributed by atoms with Gasteiger partial charge in [-0.2, -0.15) is 0 Å². The first-order valence-electron chi connectivity index (χ1n) is 7.69. The lowest BCUT2D eigenvalue weighted by molar-refractivity contribution is -0.116. The number of benzene rings is 1. The van der Waals surface area contributed by atoms with Crippen molar-refractivity contribution in [2.24, 2.45) is 5.92 Å². The number of nitrogens with one attached hydrogen (secondary N) is 1. The monoisotopic (exact) mass is 300 g/mol. The summed E-state index contributed by atoms with van der Waals surface area (Å²) >= 11 is 0. The van der Waals surface area contributed by atoms with E-state index in [9.17, 15) is 4.79 Å². The molecule has 1 aromatic rings. The van der Waals surface area contributed by atoms with Gasteiger partial charge in [0.25, 0.3) is 0 Å². The van der Waals surface area contributed by atoms with Crippen molar-refractivity contribution in [3.8, 4) is 5.75 Å². The van der Waals surface area contributed by atoms with Gasteiger partial charge in [-0.1, -0.05) is 24.3 Å². The standard InChI is InChI=1S/C18H24N2O2/c1-3-4-5-9-18(21)19-13-15-10-11-20(14-15)16-7-6-8-17(12-16)22-2/h3-9,12,15H,10-11,13-14H2,1-2H3,(H,19,21)/b4-3+,9-5+/t15-/m1/s1. The van der Waals surface area contributed by atoms with Crippen LogP contribution in [-0.4, -0.2) is 32.7 Å². The fourth-order valence-electron chi connectivity index (χ4n) is 2.60. The van der Waals surface area contributed by atoms with E-state index < -0.39 is 0 Å². The molecule has 1 aliphatic heterocycles. The van der Waals surface area contributed by atoms with E-state index in [0.29, 0.717) is 5.92 Å². The lowest BCUT2D eigenvalue weighted by Gasteiger charge is -2.19. The lowest BCUT2D eigenvalue weighted by Crippen LogP contribution is -2.29. The first-order chi connectivity index (χ1) is 10.7. The van der Waals surface area contributed by atoms with Crippen LogP contribution in [0.2, 0.25) is 0 Å². The smallest absolute Gasteiger partial charge is 0.243 e. The Balaban J connectivity index is 1.81. The lowest BCUT2D eigenvalue weighted by atomic mass is 10.1. The number of allylic oxidation sites excluding steroid dienone is 3. The molecule has 0 bridgehead atoms. The van der Waals surface area contributed by atoms with Crippen LogP contribution >= 0.6 is 0 Å². The topological polar surface area (TPSA) is 41.6 Å². The predicted octanol–water partition coefficient (Wildman–Crippen LogP) is 2.77. The van der Waals surface area contributed by atoms with Crippen LogP contribution in [-0.2, 0) is 4.79 Å². The molecule has 22 heavy (non-hydrogen) atoms. The zero-order chi connectivity index (χ0) is 15.8. The third-order valence-electron chi connectivity index (χ3n) is 3.82. The third-order valence-corrected chi connectivity index (χ3v) is 3.82. The van der Waals surface area contributed by atoms with Crippen LogP contribution in [0, 0.1) is 5.92 Å². The number of carbonyl (C=O) groups excluding carboxylic acids is 1. The van der Waals surface area contributed by atoms with Crippen molar-refractivity contribution >= 4 is 11.6 Å². The molecule has 1 saturated heterocycles. The van der Waals surface area contributed by atoms with E-state index in [4.69, 9.17) is 4.74 Å². The molecule has 1 heterocycles. The van der Waals surface area contributed by atoms with Gasteiger partial charge >= 0.3 is 0 Å². The molecular formula is C18H24N2O2. The summed E-state index contributed by atoms with van der Waals surface area (Å²) < 4.78 is 5.27. The van der Waals surface area contributed by atoms with E-state index in [1.807, 2.05) is 31.2 Å². The normalized spacial score (nSPS) is 18.3. The Kier molecular flexibility index (Phi) is 6.07. The molecule has 1 N–H and O–H groups in total. The Bertz CT molecular complexity index is 552. The molecule has 118 valence electrons. The maximum absolute atomic E-state index is 11.6. The minimum atomic E-state index is -0.0297. The van der Waals surface area contributed by atoms with Gasteiger partial charge in [0.1, 0.15) is 5.75 Å². The van der Waals surface area contributed by atoms with Crippen LogP contribution in [0.5, 0.6) is 5.75 Å². The van der Waals surface area contributed by atoms with E-state index in [2.05, 4.69) is 22.3 Å². The number of anilines is 1. The van der Waals surface area contributed by atoms with E-state index in [1.54, 1.807) is 19.3 Å². The van der Waals surface area contributed by atoms with E-state index in [1.165, 1.54) is 5.69 Å². The Labute approximate surface area is 132 Å². The molecule has 1 aromatic carbocycles. The fourth-order valence-corrected chi connectivity index (χ4v) is 2.60. The van der Waals surface area contributed by atoms with Gasteiger partial charge in [0.2, 0.25) is 5.91 Å². The minimum Gasteiger partial charge on any atom is -0.497 e. The summed E-state index contributed by atoms with van der Waals surface area (Å²) in [6.07, 6.45) is 8.16. The minimum absolute atomic E-state index is 0.0297. The average Bonchev–Trinajstić information content (AvgIpc) is 3.02. The fraction of sp³-hybridized carbons (Fsp3) is 0.389. The number of methoxy groups -OCH3 is 1. The second-order valence-electron chi connectivity index (χ2n) is 5.43. The highest BCUT2D eigenvalue weighted by Gasteiger charge is 2.23. The number of hydrogen-bond acceptors (Lipinski definition) is 3. The SMILES string of the molecule is C/C=C/C=C/C(=O)NC[C@H]1CCN(c2cccc(OC)c2)C1. The summed E-state index contributed by atoms with van der Waals surface area (Å²) in [5.74, 6) is 1.34. The summed E-state index contributed by atoms with van der Waals surface area (Å²) in [7, 11) is 1.68. The highest BCUT2D eigenvalue weighted by atomic mass is 16.5. The Morgan fingerprint density at radius 2 is 2.32 bits per heavy atom. The summed E-state index contributed by atoms with van der Waals surface area (Å²) in [5.41, 5.74) is 1.18. The molecule has 0 aromatic heterocycles. The molecule has 1 amide bonds. The highest BCUT2D eigenvalue weighted by molar-refractivity contribution is 5.87. The number of rotatable bonds is 6. The van der Waals surface area contributed by atoms with Crippen LogP contribution < -0.4 is 15.0 Å². The van der Waals surface area contributed by atoms with Crippen molar-refractivity contribution in [1.82, 2.24) is 5.32 Å². The van der Waals surface area contributed by atoms with Crippen LogP contribution in [0.25, 0.3) is 0 Å². The second kappa shape index (κ2) is 8.27. The second-order valence-corrected chi connectivity index (χ2v) is 5.43. The molecule has 1 atom stereocenters. The zero-order valence-corrected chi connectivity index (χ0v) is 13.3. The zero-order valence-electron chi connectivity index (χ0n) is 13.3. The molecule has 0 aliphatic carbocycles.